The van der Waals surface area contributed by atoms with Crippen molar-refractivity contribution in [3.05, 3.63) is 39.9 Å². The molecule has 1 amide bonds. The summed E-state index contributed by atoms with van der Waals surface area (Å²) in [6.45, 7) is 7.84. The number of aryl methyl sites for hydroxylation is 1. The van der Waals surface area contributed by atoms with Gasteiger partial charge in [-0.05, 0) is 32.8 Å². The molecule has 0 N–H and O–H groups in total. The Kier molecular flexibility index (Phi) is 4.94. The third-order valence-electron chi connectivity index (χ3n) is 6.55. The normalized spacial score (nSPS) is 22.3. The first kappa shape index (κ1) is 20.0. The maximum Gasteiger partial charge on any atom is 0.228 e. The summed E-state index contributed by atoms with van der Waals surface area (Å²) in [6.07, 6.45) is 3.45. The van der Waals surface area contributed by atoms with Gasteiger partial charge in [0, 0.05) is 37.9 Å². The number of amides is 1. The zero-order chi connectivity index (χ0) is 21.7. The van der Waals surface area contributed by atoms with Crippen LogP contribution >= 0.6 is 11.6 Å². The molecule has 0 spiro atoms. The Morgan fingerprint density at radius 1 is 1.23 bits per heavy atom. The number of pyridine rings is 1. The number of carbonyl (C=O) groups excluding carboxylic acids is 1. The van der Waals surface area contributed by atoms with E-state index in [1.54, 1.807) is 6.07 Å². The van der Waals surface area contributed by atoms with Crippen LogP contribution < -0.4 is 9.80 Å². The van der Waals surface area contributed by atoms with Crippen molar-refractivity contribution in [3.8, 4) is 6.07 Å². The fraction of sp³-hybridized carbons (Fsp3) is 0.500. The van der Waals surface area contributed by atoms with Gasteiger partial charge in [-0.1, -0.05) is 11.6 Å². The Morgan fingerprint density at radius 2 is 2.03 bits per heavy atom. The zero-order valence-corrected chi connectivity index (χ0v) is 18.4. The van der Waals surface area contributed by atoms with Crippen LogP contribution in [0.1, 0.15) is 48.5 Å². The third-order valence-corrected chi connectivity index (χ3v) is 6.83. The monoisotopic (exact) mass is 437 g/mol. The summed E-state index contributed by atoms with van der Waals surface area (Å²) in [5.74, 6) is 2.42. The van der Waals surface area contributed by atoms with Crippen LogP contribution in [0.4, 0.5) is 11.6 Å². The van der Waals surface area contributed by atoms with E-state index in [1.807, 2.05) is 22.8 Å². The number of nitriles is 1. The molecule has 5 heterocycles. The Balaban J connectivity index is 1.34. The Bertz CT molecular complexity index is 1090. The molecule has 0 radical (unpaired) electrons. The van der Waals surface area contributed by atoms with Gasteiger partial charge in [-0.2, -0.15) is 5.26 Å². The van der Waals surface area contributed by atoms with Gasteiger partial charge in [-0.3, -0.25) is 4.79 Å². The van der Waals surface area contributed by atoms with E-state index in [0.717, 1.165) is 42.4 Å². The first-order valence-electron chi connectivity index (χ1n) is 10.7. The molecular formula is C22H24ClN7O. The molecule has 8 nitrogen and oxygen atoms in total. The highest BCUT2D eigenvalue weighted by Crippen LogP contribution is 2.41. The number of anilines is 2. The molecule has 0 bridgehead atoms. The molecule has 3 aliphatic rings. The number of nitrogens with zero attached hydrogens (tertiary/aromatic N) is 7. The highest BCUT2D eigenvalue weighted by Gasteiger charge is 2.41. The highest BCUT2D eigenvalue weighted by atomic mass is 35.5. The average Bonchev–Trinajstić information content (AvgIpc) is 3.31. The molecule has 2 aromatic rings. The first-order chi connectivity index (χ1) is 15.0. The molecule has 160 valence electrons. The van der Waals surface area contributed by atoms with Crippen molar-refractivity contribution >= 4 is 29.1 Å². The van der Waals surface area contributed by atoms with Crippen LogP contribution in [0.15, 0.2) is 12.3 Å². The molecule has 9 heteroatoms. The van der Waals surface area contributed by atoms with Gasteiger partial charge in [0.05, 0.1) is 34.8 Å². The number of rotatable bonds is 3. The Hall–Kier alpha value is -2.92. The van der Waals surface area contributed by atoms with Gasteiger partial charge in [0.1, 0.15) is 23.5 Å². The molecule has 0 unspecified atom stereocenters. The molecule has 0 aromatic carbocycles. The van der Waals surface area contributed by atoms with Crippen LogP contribution in [0, 0.1) is 24.2 Å². The predicted molar refractivity (Wildman–Crippen MR) is 117 cm³/mol. The standard InChI is InChI=1S/C22H24ClN7O/c1-13-19-18(26-14(2)27-21(19)28-5-3-6-28)12-30(13)22(31)16-4-7-29(11-16)20-17(23)8-15(9-24)10-25-20/h8,10,13,16H,3-7,11-12H2,1-2H3/t13-,16-/m1/s1. The van der Waals surface area contributed by atoms with Crippen molar-refractivity contribution in [1.29, 1.82) is 5.26 Å². The fourth-order valence-corrected chi connectivity index (χ4v) is 5.06. The molecule has 0 saturated carbocycles. The molecule has 2 aromatic heterocycles. The lowest BCUT2D eigenvalue weighted by Gasteiger charge is -2.34. The van der Waals surface area contributed by atoms with Gasteiger partial charge in [0.15, 0.2) is 0 Å². The van der Waals surface area contributed by atoms with Crippen LogP contribution in [-0.2, 0) is 11.3 Å². The predicted octanol–water partition coefficient (Wildman–Crippen LogP) is 2.84. The van der Waals surface area contributed by atoms with Crippen LogP contribution in [0.2, 0.25) is 5.02 Å². The molecule has 5 rings (SSSR count). The number of hydrogen-bond donors (Lipinski definition) is 0. The maximum atomic E-state index is 13.5. The lowest BCUT2D eigenvalue weighted by atomic mass is 10.1. The Labute approximate surface area is 186 Å². The molecule has 2 fully saturated rings. The second-order valence-electron chi connectivity index (χ2n) is 8.51. The fourth-order valence-electron chi connectivity index (χ4n) is 4.78. The lowest BCUT2D eigenvalue weighted by Crippen LogP contribution is -2.39. The van der Waals surface area contributed by atoms with Crippen molar-refractivity contribution in [2.24, 2.45) is 5.92 Å². The minimum atomic E-state index is -0.119. The second kappa shape index (κ2) is 7.65. The molecule has 31 heavy (non-hydrogen) atoms. The number of halogens is 1. The average molecular weight is 438 g/mol. The van der Waals surface area contributed by atoms with Crippen LogP contribution in [0.3, 0.4) is 0 Å². The van der Waals surface area contributed by atoms with E-state index in [1.165, 1.54) is 12.6 Å². The minimum absolute atomic E-state index is 0.0376. The summed E-state index contributed by atoms with van der Waals surface area (Å²) in [5, 5.41) is 9.46. The quantitative estimate of drug-likeness (QED) is 0.729. The number of carbonyl (C=O) groups is 1. The van der Waals surface area contributed by atoms with E-state index in [2.05, 4.69) is 21.8 Å². The molecular weight excluding hydrogens is 414 g/mol. The van der Waals surface area contributed by atoms with E-state index < -0.39 is 0 Å². The van der Waals surface area contributed by atoms with E-state index in [9.17, 15) is 4.79 Å². The van der Waals surface area contributed by atoms with Gasteiger partial charge in [0.2, 0.25) is 5.91 Å². The molecule has 2 saturated heterocycles. The third kappa shape index (κ3) is 3.37. The first-order valence-corrected chi connectivity index (χ1v) is 11.1. The molecule has 2 atom stereocenters. The largest absolute Gasteiger partial charge is 0.356 e. The van der Waals surface area contributed by atoms with Gasteiger partial charge >= 0.3 is 0 Å². The lowest BCUT2D eigenvalue weighted by molar-refractivity contribution is -0.137. The SMILES string of the molecule is Cc1nc2c(c(N3CCC3)n1)[C@@H](C)N(C(=O)[C@@H]1CCN(c3ncc(C#N)cc3Cl)C1)C2. The minimum Gasteiger partial charge on any atom is -0.356 e. The maximum absolute atomic E-state index is 13.5. The summed E-state index contributed by atoms with van der Waals surface area (Å²) in [4.78, 5) is 33.5. The Morgan fingerprint density at radius 3 is 2.71 bits per heavy atom. The smallest absolute Gasteiger partial charge is 0.228 e. The van der Waals surface area contributed by atoms with Gasteiger partial charge in [-0.15, -0.1) is 0 Å². The van der Waals surface area contributed by atoms with E-state index >= 15 is 0 Å². The highest BCUT2D eigenvalue weighted by molar-refractivity contribution is 6.33. The van der Waals surface area contributed by atoms with Crippen LogP contribution in [0.5, 0.6) is 0 Å². The van der Waals surface area contributed by atoms with Crippen molar-refractivity contribution in [2.45, 2.75) is 39.3 Å². The zero-order valence-electron chi connectivity index (χ0n) is 17.7. The molecule has 3 aliphatic heterocycles. The summed E-state index contributed by atoms with van der Waals surface area (Å²) in [6, 6.07) is 3.63. The van der Waals surface area contributed by atoms with E-state index in [4.69, 9.17) is 21.8 Å². The van der Waals surface area contributed by atoms with Crippen molar-refractivity contribution in [3.63, 3.8) is 0 Å². The van der Waals surface area contributed by atoms with Gasteiger partial charge < -0.3 is 14.7 Å². The van der Waals surface area contributed by atoms with Crippen LogP contribution in [-0.4, -0.2) is 51.9 Å². The summed E-state index contributed by atoms with van der Waals surface area (Å²) in [7, 11) is 0. The van der Waals surface area contributed by atoms with Crippen molar-refractivity contribution < 1.29 is 4.79 Å². The van der Waals surface area contributed by atoms with Crippen molar-refractivity contribution in [1.82, 2.24) is 19.9 Å². The van der Waals surface area contributed by atoms with E-state index in [-0.39, 0.29) is 17.9 Å². The number of hydrogen-bond acceptors (Lipinski definition) is 7. The summed E-state index contributed by atoms with van der Waals surface area (Å²) >= 11 is 6.34. The summed E-state index contributed by atoms with van der Waals surface area (Å²) in [5.41, 5.74) is 2.51. The summed E-state index contributed by atoms with van der Waals surface area (Å²) < 4.78 is 0. The van der Waals surface area contributed by atoms with Crippen molar-refractivity contribution in [2.75, 3.05) is 36.0 Å². The number of fused-ring (bicyclic) bond motifs is 1. The number of aromatic nitrogens is 3. The molecule has 0 aliphatic carbocycles. The van der Waals surface area contributed by atoms with Gasteiger partial charge in [-0.25, -0.2) is 15.0 Å². The van der Waals surface area contributed by atoms with Gasteiger partial charge in [0.25, 0.3) is 0 Å². The van der Waals surface area contributed by atoms with Crippen LogP contribution in [0.25, 0.3) is 0 Å². The van der Waals surface area contributed by atoms with E-state index in [0.29, 0.717) is 36.0 Å². The second-order valence-corrected chi connectivity index (χ2v) is 8.92. The topological polar surface area (TPSA) is 89.2 Å².